The van der Waals surface area contributed by atoms with E-state index in [0.717, 1.165) is 3.57 Å². The fraction of sp³-hybridized carbons (Fsp3) is 0.133. The molecule has 0 saturated heterocycles. The zero-order valence-electron chi connectivity index (χ0n) is 11.2. The average molecular weight is 418 g/mol. The Kier molecular flexibility index (Phi) is 5.30. The van der Waals surface area contributed by atoms with Crippen LogP contribution in [0.25, 0.3) is 0 Å². The van der Waals surface area contributed by atoms with Crippen molar-refractivity contribution in [2.45, 2.75) is 6.92 Å². The lowest BCUT2D eigenvalue weighted by atomic mass is 10.1. The summed E-state index contributed by atoms with van der Waals surface area (Å²) in [5, 5.41) is 12.6. The molecule has 0 aliphatic carbocycles. The highest BCUT2D eigenvalue weighted by Gasteiger charge is 2.14. The Labute approximate surface area is 141 Å². The molecule has 0 heterocycles. The van der Waals surface area contributed by atoms with Gasteiger partial charge in [-0.3, -0.25) is 4.79 Å². The van der Waals surface area contributed by atoms with Gasteiger partial charge < -0.3 is 15.2 Å². The Bertz CT molecular complexity index is 659. The smallest absolute Gasteiger partial charge is 0.255 e. The van der Waals surface area contributed by atoms with Gasteiger partial charge >= 0.3 is 0 Å². The zero-order valence-corrected chi connectivity index (χ0v) is 14.1. The van der Waals surface area contributed by atoms with Crippen molar-refractivity contribution in [1.82, 2.24) is 0 Å². The molecule has 2 aromatic rings. The van der Waals surface area contributed by atoms with E-state index in [0.29, 0.717) is 17.9 Å². The number of amides is 1. The number of benzene rings is 2. The van der Waals surface area contributed by atoms with Crippen molar-refractivity contribution >= 4 is 45.8 Å². The number of halogens is 2. The van der Waals surface area contributed by atoms with Crippen molar-refractivity contribution in [2.24, 2.45) is 0 Å². The van der Waals surface area contributed by atoms with E-state index in [1.807, 2.05) is 24.3 Å². The highest BCUT2D eigenvalue weighted by molar-refractivity contribution is 14.1. The number of hydrogen-bond acceptors (Lipinski definition) is 3. The Morgan fingerprint density at radius 3 is 2.62 bits per heavy atom. The standard InChI is InChI=1S/C15H13ClINO3/c1-2-21-13-8-9(7-12(16)14(13)19)15(20)18-11-5-3-10(17)4-6-11/h3-8,19H,2H2,1H3,(H,18,20). The quantitative estimate of drug-likeness (QED) is 0.729. The molecule has 0 bridgehead atoms. The van der Waals surface area contributed by atoms with Gasteiger partial charge in [0.15, 0.2) is 11.5 Å². The topological polar surface area (TPSA) is 58.6 Å². The number of ether oxygens (including phenoxy) is 1. The van der Waals surface area contributed by atoms with Crippen molar-refractivity contribution in [3.05, 3.63) is 50.6 Å². The summed E-state index contributed by atoms with van der Waals surface area (Å²) >= 11 is 8.10. The molecule has 4 nitrogen and oxygen atoms in total. The summed E-state index contributed by atoms with van der Waals surface area (Å²) in [6.07, 6.45) is 0. The number of anilines is 1. The first-order chi connectivity index (χ1) is 10.0. The lowest BCUT2D eigenvalue weighted by Crippen LogP contribution is -2.12. The summed E-state index contributed by atoms with van der Waals surface area (Å²) in [5.74, 6) is -0.291. The SMILES string of the molecule is CCOc1cc(C(=O)Nc2ccc(I)cc2)cc(Cl)c1O. The molecule has 1 amide bonds. The van der Waals surface area contributed by atoms with Crippen LogP contribution in [0.3, 0.4) is 0 Å². The number of nitrogens with one attached hydrogen (secondary N) is 1. The molecular weight excluding hydrogens is 405 g/mol. The van der Waals surface area contributed by atoms with Gasteiger partial charge in [-0.2, -0.15) is 0 Å². The van der Waals surface area contributed by atoms with E-state index in [9.17, 15) is 9.90 Å². The van der Waals surface area contributed by atoms with Crippen molar-refractivity contribution in [1.29, 1.82) is 0 Å². The fourth-order valence-corrected chi connectivity index (χ4v) is 2.28. The lowest BCUT2D eigenvalue weighted by Gasteiger charge is -2.10. The van der Waals surface area contributed by atoms with Crippen molar-refractivity contribution < 1.29 is 14.6 Å². The van der Waals surface area contributed by atoms with Crippen molar-refractivity contribution in [3.63, 3.8) is 0 Å². The van der Waals surface area contributed by atoms with Gasteiger partial charge in [0.2, 0.25) is 0 Å². The number of carbonyl (C=O) groups excluding carboxylic acids is 1. The van der Waals surface area contributed by atoms with E-state index >= 15 is 0 Å². The number of phenols is 1. The monoisotopic (exact) mass is 417 g/mol. The third-order valence-corrected chi connectivity index (χ3v) is 3.70. The first kappa shape index (κ1) is 15.9. The molecule has 6 heteroatoms. The molecule has 0 aliphatic heterocycles. The Morgan fingerprint density at radius 1 is 1.33 bits per heavy atom. The largest absolute Gasteiger partial charge is 0.503 e. The predicted molar refractivity (Wildman–Crippen MR) is 91.4 cm³/mol. The fourth-order valence-electron chi connectivity index (χ4n) is 1.71. The molecule has 0 radical (unpaired) electrons. The van der Waals surface area contributed by atoms with E-state index in [2.05, 4.69) is 27.9 Å². The van der Waals surface area contributed by atoms with E-state index < -0.39 is 0 Å². The zero-order chi connectivity index (χ0) is 15.4. The van der Waals surface area contributed by atoms with Gasteiger partial charge in [0.05, 0.1) is 11.6 Å². The van der Waals surface area contributed by atoms with Crippen LogP contribution in [0.5, 0.6) is 11.5 Å². The molecule has 0 atom stereocenters. The molecule has 21 heavy (non-hydrogen) atoms. The minimum atomic E-state index is -0.320. The third-order valence-electron chi connectivity index (χ3n) is 2.69. The van der Waals surface area contributed by atoms with Crippen LogP contribution in [0.2, 0.25) is 5.02 Å². The minimum Gasteiger partial charge on any atom is -0.503 e. The summed E-state index contributed by atoms with van der Waals surface area (Å²) < 4.78 is 6.34. The molecule has 0 spiro atoms. The maximum Gasteiger partial charge on any atom is 0.255 e. The molecule has 0 aromatic heterocycles. The van der Waals surface area contributed by atoms with Gasteiger partial charge in [-0.05, 0) is 65.9 Å². The van der Waals surface area contributed by atoms with Crippen LogP contribution >= 0.6 is 34.2 Å². The van der Waals surface area contributed by atoms with E-state index in [1.54, 1.807) is 6.92 Å². The Morgan fingerprint density at radius 2 is 2.00 bits per heavy atom. The van der Waals surface area contributed by atoms with Crippen molar-refractivity contribution in [3.8, 4) is 11.5 Å². The van der Waals surface area contributed by atoms with Crippen LogP contribution in [0.4, 0.5) is 5.69 Å². The van der Waals surface area contributed by atoms with E-state index in [1.165, 1.54) is 12.1 Å². The third kappa shape index (κ3) is 4.01. The first-order valence-electron chi connectivity index (χ1n) is 6.23. The molecule has 0 unspecified atom stereocenters. The highest BCUT2D eigenvalue weighted by atomic mass is 127. The number of phenolic OH excluding ortho intramolecular Hbond substituents is 1. The normalized spacial score (nSPS) is 10.2. The summed E-state index contributed by atoms with van der Waals surface area (Å²) in [7, 11) is 0. The molecule has 110 valence electrons. The van der Waals surface area contributed by atoms with Crippen LogP contribution in [0, 0.1) is 3.57 Å². The van der Waals surface area contributed by atoms with Crippen LogP contribution in [0.15, 0.2) is 36.4 Å². The van der Waals surface area contributed by atoms with Gasteiger partial charge in [-0.1, -0.05) is 11.6 Å². The van der Waals surface area contributed by atoms with Gasteiger partial charge in [0.1, 0.15) is 0 Å². The van der Waals surface area contributed by atoms with Crippen LogP contribution in [-0.4, -0.2) is 17.6 Å². The van der Waals surface area contributed by atoms with E-state index in [-0.39, 0.29) is 22.4 Å². The van der Waals surface area contributed by atoms with Crippen LogP contribution in [-0.2, 0) is 0 Å². The summed E-state index contributed by atoms with van der Waals surface area (Å²) in [6, 6.07) is 10.3. The average Bonchev–Trinajstić information content (AvgIpc) is 2.46. The molecule has 2 rings (SSSR count). The molecule has 0 saturated carbocycles. The minimum absolute atomic E-state index is 0.0775. The molecule has 2 N–H and O–H groups in total. The molecule has 2 aromatic carbocycles. The predicted octanol–water partition coefficient (Wildman–Crippen LogP) is 4.30. The Balaban J connectivity index is 2.24. The Hall–Kier alpha value is -1.47. The first-order valence-corrected chi connectivity index (χ1v) is 7.69. The second-order valence-electron chi connectivity index (χ2n) is 4.20. The number of rotatable bonds is 4. The molecule has 0 fully saturated rings. The highest BCUT2D eigenvalue weighted by Crippen LogP contribution is 2.35. The second kappa shape index (κ2) is 7.00. The maximum absolute atomic E-state index is 12.2. The van der Waals surface area contributed by atoms with Gasteiger partial charge in [0, 0.05) is 14.8 Å². The summed E-state index contributed by atoms with van der Waals surface area (Å²) in [4.78, 5) is 12.2. The number of carbonyl (C=O) groups is 1. The number of aromatic hydroxyl groups is 1. The molecule has 0 aliphatic rings. The van der Waals surface area contributed by atoms with E-state index in [4.69, 9.17) is 16.3 Å². The van der Waals surface area contributed by atoms with Crippen LogP contribution in [0.1, 0.15) is 17.3 Å². The second-order valence-corrected chi connectivity index (χ2v) is 5.85. The van der Waals surface area contributed by atoms with Gasteiger partial charge in [0.25, 0.3) is 5.91 Å². The summed E-state index contributed by atoms with van der Waals surface area (Å²) in [6.45, 7) is 2.15. The summed E-state index contributed by atoms with van der Waals surface area (Å²) in [5.41, 5.74) is 1.00. The van der Waals surface area contributed by atoms with Crippen molar-refractivity contribution in [2.75, 3.05) is 11.9 Å². The number of hydrogen-bond donors (Lipinski definition) is 2. The van der Waals surface area contributed by atoms with Gasteiger partial charge in [-0.25, -0.2) is 0 Å². The van der Waals surface area contributed by atoms with Gasteiger partial charge in [-0.15, -0.1) is 0 Å². The maximum atomic E-state index is 12.2. The van der Waals surface area contributed by atoms with Crippen LogP contribution < -0.4 is 10.1 Å². The molecular formula is C15H13ClINO3. The lowest BCUT2D eigenvalue weighted by molar-refractivity contribution is 0.102.